The molecule has 7 heteroatoms. The molecule has 1 aromatic carbocycles. The second-order valence-electron chi connectivity index (χ2n) is 6.29. The number of thioether (sulfide) groups is 1. The van der Waals surface area contributed by atoms with Gasteiger partial charge in [0.15, 0.2) is 0 Å². The van der Waals surface area contributed by atoms with E-state index in [2.05, 4.69) is 55.5 Å². The first-order valence-corrected chi connectivity index (χ1v) is 9.93. The van der Waals surface area contributed by atoms with Gasteiger partial charge in [0.25, 0.3) is 0 Å². The van der Waals surface area contributed by atoms with Crippen LogP contribution < -0.4 is 0 Å². The first-order chi connectivity index (χ1) is 12.3. The number of benzene rings is 1. The number of nitrogens with one attached hydrogen (secondary N) is 1. The SMILES string of the molecule is CSCC[C@@H]1c2nc[nH]c2CCN1Cc1ccc(-n2cncn2)cc1. The first kappa shape index (κ1) is 16.4. The molecule has 2 aromatic heterocycles. The molecule has 0 radical (unpaired) electrons. The Balaban J connectivity index is 1.51. The summed E-state index contributed by atoms with van der Waals surface area (Å²) in [5.41, 5.74) is 4.90. The van der Waals surface area contributed by atoms with Crippen molar-refractivity contribution in [1.29, 1.82) is 0 Å². The van der Waals surface area contributed by atoms with Crippen molar-refractivity contribution in [2.24, 2.45) is 0 Å². The van der Waals surface area contributed by atoms with Crippen LogP contribution in [0.15, 0.2) is 43.2 Å². The van der Waals surface area contributed by atoms with Gasteiger partial charge in [0.1, 0.15) is 12.7 Å². The third kappa shape index (κ3) is 3.48. The summed E-state index contributed by atoms with van der Waals surface area (Å²) in [7, 11) is 0. The fraction of sp³-hybridized carbons (Fsp3) is 0.389. The number of hydrogen-bond donors (Lipinski definition) is 1. The second kappa shape index (κ2) is 7.41. The lowest BCUT2D eigenvalue weighted by molar-refractivity contribution is 0.168. The minimum Gasteiger partial charge on any atom is -0.348 e. The van der Waals surface area contributed by atoms with E-state index < -0.39 is 0 Å². The lowest BCUT2D eigenvalue weighted by Gasteiger charge is -2.35. The maximum absolute atomic E-state index is 4.61. The van der Waals surface area contributed by atoms with E-state index in [4.69, 9.17) is 0 Å². The van der Waals surface area contributed by atoms with Gasteiger partial charge in [-0.3, -0.25) is 4.90 Å². The number of aromatic amines is 1. The molecule has 0 unspecified atom stereocenters. The Morgan fingerprint density at radius 2 is 2.16 bits per heavy atom. The number of hydrogen-bond acceptors (Lipinski definition) is 5. The summed E-state index contributed by atoms with van der Waals surface area (Å²) in [6.07, 6.45) is 9.46. The van der Waals surface area contributed by atoms with Gasteiger partial charge in [-0.2, -0.15) is 16.9 Å². The predicted octanol–water partition coefficient (Wildman–Crippen LogP) is 2.84. The van der Waals surface area contributed by atoms with Gasteiger partial charge in [0, 0.05) is 25.2 Å². The maximum Gasteiger partial charge on any atom is 0.138 e. The van der Waals surface area contributed by atoms with Gasteiger partial charge in [-0.1, -0.05) is 12.1 Å². The number of fused-ring (bicyclic) bond motifs is 1. The van der Waals surface area contributed by atoms with Gasteiger partial charge in [0.2, 0.25) is 0 Å². The first-order valence-electron chi connectivity index (χ1n) is 8.54. The number of imidazole rings is 1. The highest BCUT2D eigenvalue weighted by Crippen LogP contribution is 2.32. The molecule has 4 rings (SSSR count). The van der Waals surface area contributed by atoms with Crippen molar-refractivity contribution in [2.45, 2.75) is 25.4 Å². The van der Waals surface area contributed by atoms with Crippen molar-refractivity contribution in [1.82, 2.24) is 29.6 Å². The number of aromatic nitrogens is 5. The van der Waals surface area contributed by atoms with Crippen LogP contribution in [0.1, 0.15) is 29.4 Å². The normalized spacial score (nSPS) is 17.6. The van der Waals surface area contributed by atoms with Gasteiger partial charge in [-0.15, -0.1) is 0 Å². The molecule has 0 fully saturated rings. The Morgan fingerprint density at radius 3 is 2.92 bits per heavy atom. The number of H-pyrrole nitrogens is 1. The van der Waals surface area contributed by atoms with Crippen molar-refractivity contribution in [3.05, 3.63) is 60.2 Å². The van der Waals surface area contributed by atoms with Crippen molar-refractivity contribution < 1.29 is 0 Å². The molecular weight excluding hydrogens is 332 g/mol. The summed E-state index contributed by atoms with van der Waals surface area (Å²) in [5.74, 6) is 1.15. The van der Waals surface area contributed by atoms with Gasteiger partial charge >= 0.3 is 0 Å². The highest BCUT2D eigenvalue weighted by atomic mass is 32.2. The van der Waals surface area contributed by atoms with E-state index in [1.807, 2.05) is 18.1 Å². The molecule has 1 aliphatic rings. The Bertz CT molecular complexity index is 795. The number of rotatable bonds is 6. The highest BCUT2D eigenvalue weighted by molar-refractivity contribution is 7.98. The molecule has 130 valence electrons. The molecular formula is C18H22N6S. The molecule has 0 spiro atoms. The van der Waals surface area contributed by atoms with E-state index in [1.54, 1.807) is 17.3 Å². The molecule has 1 aliphatic heterocycles. The van der Waals surface area contributed by atoms with E-state index in [1.165, 1.54) is 17.0 Å². The molecule has 0 bridgehead atoms. The zero-order chi connectivity index (χ0) is 17.1. The van der Waals surface area contributed by atoms with Crippen LogP contribution in [0.25, 0.3) is 5.69 Å². The molecule has 3 aromatic rings. The van der Waals surface area contributed by atoms with E-state index in [0.29, 0.717) is 6.04 Å². The molecule has 6 nitrogen and oxygen atoms in total. The van der Waals surface area contributed by atoms with Crippen molar-refractivity contribution in [2.75, 3.05) is 18.6 Å². The van der Waals surface area contributed by atoms with Crippen LogP contribution in [0.2, 0.25) is 0 Å². The topological polar surface area (TPSA) is 62.6 Å². The van der Waals surface area contributed by atoms with Crippen molar-refractivity contribution in [3.63, 3.8) is 0 Å². The third-order valence-corrected chi connectivity index (χ3v) is 5.40. The number of nitrogens with zero attached hydrogens (tertiary/aromatic N) is 5. The fourth-order valence-corrected chi connectivity index (χ4v) is 3.93. The van der Waals surface area contributed by atoms with Gasteiger partial charge in [-0.05, 0) is 36.1 Å². The molecule has 0 saturated carbocycles. The third-order valence-electron chi connectivity index (χ3n) is 4.76. The van der Waals surface area contributed by atoms with Crippen LogP contribution >= 0.6 is 11.8 Å². The monoisotopic (exact) mass is 354 g/mol. The minimum atomic E-state index is 0.400. The Kier molecular flexibility index (Phi) is 4.85. The average Bonchev–Trinajstić information content (AvgIpc) is 3.33. The largest absolute Gasteiger partial charge is 0.348 e. The van der Waals surface area contributed by atoms with Crippen LogP contribution in [-0.2, 0) is 13.0 Å². The molecule has 1 N–H and O–H groups in total. The van der Waals surface area contributed by atoms with E-state index in [9.17, 15) is 0 Å². The van der Waals surface area contributed by atoms with Gasteiger partial charge in [0.05, 0.1) is 23.8 Å². The summed E-state index contributed by atoms with van der Waals surface area (Å²) >= 11 is 1.90. The minimum absolute atomic E-state index is 0.400. The Morgan fingerprint density at radius 1 is 1.28 bits per heavy atom. The summed E-state index contributed by atoms with van der Waals surface area (Å²) in [6.45, 7) is 2.02. The van der Waals surface area contributed by atoms with Crippen molar-refractivity contribution >= 4 is 11.8 Å². The van der Waals surface area contributed by atoms with E-state index >= 15 is 0 Å². The Labute approximate surface area is 151 Å². The summed E-state index contributed by atoms with van der Waals surface area (Å²) in [4.78, 5) is 14.5. The Hall–Kier alpha value is -2.12. The molecule has 1 atom stereocenters. The molecule has 0 aliphatic carbocycles. The maximum atomic E-state index is 4.61. The summed E-state index contributed by atoms with van der Waals surface area (Å²) < 4.78 is 1.78. The van der Waals surface area contributed by atoms with Gasteiger partial charge < -0.3 is 4.98 Å². The second-order valence-corrected chi connectivity index (χ2v) is 7.28. The smallest absolute Gasteiger partial charge is 0.138 e. The highest BCUT2D eigenvalue weighted by Gasteiger charge is 2.29. The van der Waals surface area contributed by atoms with Crippen LogP contribution in [0.4, 0.5) is 0 Å². The van der Waals surface area contributed by atoms with Crippen LogP contribution in [0, 0.1) is 0 Å². The van der Waals surface area contributed by atoms with Crippen LogP contribution in [0.3, 0.4) is 0 Å². The average molecular weight is 354 g/mol. The lowest BCUT2D eigenvalue weighted by atomic mass is 9.99. The van der Waals surface area contributed by atoms with Gasteiger partial charge in [-0.25, -0.2) is 14.6 Å². The standard InChI is InChI=1S/C18H22N6S/c1-25-9-7-17-18-16(20-12-21-18)6-8-23(17)10-14-2-4-15(5-3-14)24-13-19-11-22-24/h2-5,11-13,17H,6-10H2,1H3,(H,20,21)/t17-/m1/s1. The summed E-state index contributed by atoms with van der Waals surface area (Å²) in [5, 5.41) is 4.18. The quantitative estimate of drug-likeness (QED) is 0.737. The molecule has 0 amide bonds. The zero-order valence-corrected chi connectivity index (χ0v) is 15.1. The van der Waals surface area contributed by atoms with E-state index in [-0.39, 0.29) is 0 Å². The fourth-order valence-electron chi connectivity index (χ4n) is 3.47. The lowest BCUT2D eigenvalue weighted by Crippen LogP contribution is -2.35. The predicted molar refractivity (Wildman–Crippen MR) is 99.8 cm³/mol. The van der Waals surface area contributed by atoms with Crippen LogP contribution in [0.5, 0.6) is 0 Å². The summed E-state index contributed by atoms with van der Waals surface area (Å²) in [6, 6.07) is 8.97. The van der Waals surface area contributed by atoms with E-state index in [0.717, 1.165) is 37.4 Å². The molecule has 3 heterocycles. The zero-order valence-electron chi connectivity index (χ0n) is 14.3. The van der Waals surface area contributed by atoms with Crippen LogP contribution in [-0.4, -0.2) is 48.2 Å². The molecule has 0 saturated heterocycles. The molecule has 25 heavy (non-hydrogen) atoms. The van der Waals surface area contributed by atoms with Crippen molar-refractivity contribution in [3.8, 4) is 5.69 Å².